The van der Waals surface area contributed by atoms with Gasteiger partial charge in [-0.3, -0.25) is 4.31 Å². The Kier molecular flexibility index (Phi) is 4.16. The summed E-state index contributed by atoms with van der Waals surface area (Å²) in [4.78, 5) is 4.12. The highest BCUT2D eigenvalue weighted by Gasteiger charge is 2.25. The zero-order chi connectivity index (χ0) is 15.6. The van der Waals surface area contributed by atoms with Gasteiger partial charge in [-0.15, -0.1) is 0 Å². The number of aromatic nitrogens is 1. The molecule has 108 valence electrons. The van der Waals surface area contributed by atoms with Crippen LogP contribution in [0.25, 0.3) is 0 Å². The molecular formula is C14H12ClN3O2S. The molecule has 0 fully saturated rings. The van der Waals surface area contributed by atoms with E-state index < -0.39 is 10.0 Å². The number of rotatable bonds is 3. The summed E-state index contributed by atoms with van der Waals surface area (Å²) in [7, 11) is -2.43. The first kappa shape index (κ1) is 15.3. The summed E-state index contributed by atoms with van der Waals surface area (Å²) >= 11 is 5.98. The van der Waals surface area contributed by atoms with Crippen LogP contribution in [0.3, 0.4) is 0 Å². The number of pyridine rings is 1. The molecule has 0 aliphatic rings. The Hall–Kier alpha value is -2.10. The van der Waals surface area contributed by atoms with Gasteiger partial charge < -0.3 is 0 Å². The van der Waals surface area contributed by atoms with Gasteiger partial charge in [0.2, 0.25) is 0 Å². The minimum atomic E-state index is -3.83. The standard InChI is InChI=1S/C14H12ClN3O2S/c1-10-4-3-5-14(17-10)18(2)21(19,20)13-7-6-11(9-16)8-12(13)15/h3-8H,1-2H3. The van der Waals surface area contributed by atoms with Crippen molar-refractivity contribution in [3.8, 4) is 6.07 Å². The number of sulfonamides is 1. The van der Waals surface area contributed by atoms with Crippen LogP contribution in [0.15, 0.2) is 41.3 Å². The van der Waals surface area contributed by atoms with Crippen molar-refractivity contribution in [1.29, 1.82) is 5.26 Å². The summed E-state index contributed by atoms with van der Waals surface area (Å²) in [5.41, 5.74) is 1.01. The van der Waals surface area contributed by atoms with Crippen LogP contribution in [0.2, 0.25) is 5.02 Å². The van der Waals surface area contributed by atoms with Gasteiger partial charge in [0, 0.05) is 12.7 Å². The Morgan fingerprint density at radius 1 is 1.29 bits per heavy atom. The molecule has 5 nitrogen and oxygen atoms in total. The van der Waals surface area contributed by atoms with Gasteiger partial charge in [-0.25, -0.2) is 13.4 Å². The van der Waals surface area contributed by atoms with E-state index in [1.165, 1.54) is 25.2 Å². The Morgan fingerprint density at radius 3 is 2.57 bits per heavy atom. The molecule has 0 amide bonds. The highest BCUT2D eigenvalue weighted by molar-refractivity contribution is 7.92. The molecule has 0 saturated heterocycles. The molecule has 0 aliphatic carbocycles. The number of aryl methyl sites for hydroxylation is 1. The van der Waals surface area contributed by atoms with Gasteiger partial charge >= 0.3 is 0 Å². The van der Waals surface area contributed by atoms with Crippen LogP contribution in [-0.2, 0) is 10.0 Å². The molecule has 1 aromatic heterocycles. The molecule has 2 aromatic rings. The second-order valence-corrected chi connectivity index (χ2v) is 6.71. The van der Waals surface area contributed by atoms with Crippen LogP contribution in [-0.4, -0.2) is 20.4 Å². The molecule has 0 atom stereocenters. The van der Waals surface area contributed by atoms with Gasteiger partial charge in [0.05, 0.1) is 16.7 Å². The molecular weight excluding hydrogens is 310 g/mol. The number of hydrogen-bond acceptors (Lipinski definition) is 4. The number of hydrogen-bond donors (Lipinski definition) is 0. The average Bonchev–Trinajstić information content (AvgIpc) is 2.45. The predicted octanol–water partition coefficient (Wildman–Crippen LogP) is 2.74. The van der Waals surface area contributed by atoms with E-state index in [4.69, 9.17) is 16.9 Å². The number of benzene rings is 1. The van der Waals surface area contributed by atoms with E-state index in [1.54, 1.807) is 25.1 Å². The average molecular weight is 322 g/mol. The number of nitrogens with zero attached hydrogens (tertiary/aromatic N) is 3. The summed E-state index contributed by atoms with van der Waals surface area (Å²) in [5.74, 6) is 0.301. The van der Waals surface area contributed by atoms with Crippen LogP contribution in [0.5, 0.6) is 0 Å². The first-order valence-corrected chi connectivity index (χ1v) is 7.80. The van der Waals surface area contributed by atoms with Crippen LogP contribution >= 0.6 is 11.6 Å². The van der Waals surface area contributed by atoms with Gasteiger partial charge in [-0.1, -0.05) is 17.7 Å². The number of halogens is 1. The minimum Gasteiger partial charge on any atom is -0.253 e. The Morgan fingerprint density at radius 2 is 2.00 bits per heavy atom. The first-order chi connectivity index (χ1) is 9.86. The lowest BCUT2D eigenvalue weighted by Gasteiger charge is -2.19. The van der Waals surface area contributed by atoms with Crippen molar-refractivity contribution in [3.63, 3.8) is 0 Å². The summed E-state index contributed by atoms with van der Waals surface area (Å²) < 4.78 is 26.2. The third-order valence-electron chi connectivity index (χ3n) is 2.90. The van der Waals surface area contributed by atoms with Crippen molar-refractivity contribution >= 4 is 27.4 Å². The van der Waals surface area contributed by atoms with Gasteiger partial charge in [0.1, 0.15) is 10.7 Å². The van der Waals surface area contributed by atoms with Crippen molar-refractivity contribution in [2.45, 2.75) is 11.8 Å². The summed E-state index contributed by atoms with van der Waals surface area (Å²) in [5, 5.41) is 8.80. The van der Waals surface area contributed by atoms with Crippen LogP contribution in [0.1, 0.15) is 11.3 Å². The fourth-order valence-corrected chi connectivity index (χ4v) is 3.42. The summed E-state index contributed by atoms with van der Waals surface area (Å²) in [6.07, 6.45) is 0. The van der Waals surface area contributed by atoms with E-state index in [1.807, 2.05) is 6.07 Å². The molecule has 7 heteroatoms. The smallest absolute Gasteiger partial charge is 0.253 e. The summed E-state index contributed by atoms with van der Waals surface area (Å²) in [6.45, 7) is 1.78. The molecule has 0 aliphatic heterocycles. The topological polar surface area (TPSA) is 74.1 Å². The van der Waals surface area contributed by atoms with E-state index in [9.17, 15) is 8.42 Å². The zero-order valence-corrected chi connectivity index (χ0v) is 13.0. The largest absolute Gasteiger partial charge is 0.266 e. The molecule has 1 aromatic carbocycles. The predicted molar refractivity (Wildman–Crippen MR) is 80.7 cm³/mol. The molecule has 2 rings (SSSR count). The van der Waals surface area contributed by atoms with Crippen LogP contribution in [0.4, 0.5) is 5.82 Å². The van der Waals surface area contributed by atoms with Crippen molar-refractivity contribution in [2.24, 2.45) is 0 Å². The maximum atomic E-state index is 12.6. The van der Waals surface area contributed by atoms with Crippen molar-refractivity contribution < 1.29 is 8.42 Å². The zero-order valence-electron chi connectivity index (χ0n) is 11.4. The Bertz CT molecular complexity index is 828. The second-order valence-electron chi connectivity index (χ2n) is 4.37. The summed E-state index contributed by atoms with van der Waals surface area (Å²) in [6, 6.07) is 11.1. The third-order valence-corrected chi connectivity index (χ3v) is 5.14. The van der Waals surface area contributed by atoms with Crippen molar-refractivity contribution in [2.75, 3.05) is 11.4 Å². The quantitative estimate of drug-likeness (QED) is 0.871. The van der Waals surface area contributed by atoms with E-state index in [-0.39, 0.29) is 9.92 Å². The molecule has 0 radical (unpaired) electrons. The monoisotopic (exact) mass is 321 g/mol. The number of anilines is 1. The van der Waals surface area contributed by atoms with Gasteiger partial charge in [-0.2, -0.15) is 5.26 Å². The highest BCUT2D eigenvalue weighted by Crippen LogP contribution is 2.27. The molecule has 1 heterocycles. The van der Waals surface area contributed by atoms with E-state index in [2.05, 4.69) is 4.98 Å². The van der Waals surface area contributed by atoms with E-state index >= 15 is 0 Å². The van der Waals surface area contributed by atoms with E-state index in [0.29, 0.717) is 17.1 Å². The van der Waals surface area contributed by atoms with Gasteiger partial charge in [-0.05, 0) is 37.3 Å². The van der Waals surface area contributed by atoms with Crippen LogP contribution in [0, 0.1) is 18.3 Å². The molecule has 0 N–H and O–H groups in total. The molecule has 21 heavy (non-hydrogen) atoms. The lowest BCUT2D eigenvalue weighted by molar-refractivity contribution is 0.594. The Balaban J connectivity index is 2.50. The lowest BCUT2D eigenvalue weighted by Crippen LogP contribution is -2.27. The second kappa shape index (κ2) is 5.72. The normalized spacial score (nSPS) is 11.0. The van der Waals surface area contributed by atoms with Gasteiger partial charge in [0.15, 0.2) is 0 Å². The molecule has 0 saturated carbocycles. The van der Waals surface area contributed by atoms with E-state index in [0.717, 1.165) is 4.31 Å². The molecule has 0 unspecified atom stereocenters. The number of nitriles is 1. The highest BCUT2D eigenvalue weighted by atomic mass is 35.5. The Labute approximate surface area is 128 Å². The van der Waals surface area contributed by atoms with Crippen LogP contribution < -0.4 is 4.31 Å². The van der Waals surface area contributed by atoms with Crippen molar-refractivity contribution in [1.82, 2.24) is 4.98 Å². The maximum absolute atomic E-state index is 12.6. The maximum Gasteiger partial charge on any atom is 0.266 e. The molecule has 0 bridgehead atoms. The lowest BCUT2D eigenvalue weighted by atomic mass is 10.2. The third kappa shape index (κ3) is 2.99. The minimum absolute atomic E-state index is 0.00792. The fourth-order valence-electron chi connectivity index (χ4n) is 1.75. The fraction of sp³-hybridized carbons (Fsp3) is 0.143. The molecule has 0 spiro atoms. The van der Waals surface area contributed by atoms with Gasteiger partial charge in [0.25, 0.3) is 10.0 Å². The first-order valence-electron chi connectivity index (χ1n) is 5.98. The SMILES string of the molecule is Cc1cccc(N(C)S(=O)(=O)c2ccc(C#N)cc2Cl)n1. The van der Waals surface area contributed by atoms with Crippen molar-refractivity contribution in [3.05, 3.63) is 52.7 Å².